The summed E-state index contributed by atoms with van der Waals surface area (Å²) in [6, 6.07) is 0. The van der Waals surface area contributed by atoms with Crippen molar-refractivity contribution in [2.45, 2.75) is 160 Å². The number of fused-ring (bicyclic) bond motifs is 3. The third kappa shape index (κ3) is 8.81. The number of carbonyl (C=O) groups excluding carboxylic acids is 1. The molecule has 0 radical (unpaired) electrons. The van der Waals surface area contributed by atoms with Crippen LogP contribution in [0.15, 0.2) is 59.3 Å². The van der Waals surface area contributed by atoms with Crippen molar-refractivity contribution in [3.05, 3.63) is 59.3 Å². The van der Waals surface area contributed by atoms with E-state index in [4.69, 9.17) is 28.4 Å². The second-order valence-electron chi connectivity index (χ2n) is 15.9. The van der Waals surface area contributed by atoms with Gasteiger partial charge in [0.15, 0.2) is 12.1 Å². The lowest BCUT2D eigenvalue weighted by molar-refractivity contribution is -0.300. The van der Waals surface area contributed by atoms with Gasteiger partial charge in [0.1, 0.15) is 23.7 Å². The van der Waals surface area contributed by atoms with Gasteiger partial charge in [-0.3, -0.25) is 4.79 Å². The molecule has 15 unspecified atom stereocenters. The van der Waals surface area contributed by atoms with Gasteiger partial charge in [0.2, 0.25) is 0 Å². The van der Waals surface area contributed by atoms with E-state index in [2.05, 4.69) is 39.8 Å². The van der Waals surface area contributed by atoms with Crippen LogP contribution in [0.5, 0.6) is 0 Å². The minimum Gasteiger partial charge on any atom is -0.462 e. The number of esters is 1. The number of aliphatic hydroxyl groups excluding tert-OH is 2. The van der Waals surface area contributed by atoms with Crippen LogP contribution >= 0.6 is 0 Å². The number of carbonyl (C=O) groups is 1. The van der Waals surface area contributed by atoms with Gasteiger partial charge < -0.3 is 43.7 Å². The minimum absolute atomic E-state index is 0.0290. The number of methoxy groups -OCH3 is 1. The molecule has 286 valence electrons. The predicted octanol–water partition coefficient (Wildman–Crippen LogP) is 5.85. The van der Waals surface area contributed by atoms with E-state index < -0.39 is 66.2 Å². The number of ether oxygens (including phenoxy) is 6. The van der Waals surface area contributed by atoms with Crippen LogP contribution in [0.1, 0.15) is 93.9 Å². The SMILES string of the molecule is CCC(C)C1OC2(C=CC1C)CC1CC(CC=C(C)C(OC3CC(OC)C(O)C(C)O3)C(C)C=CC=C(C)C3(O)CC(O)C(C)=CC3C(=O)O1)O2. The molecule has 5 rings (SSSR count). The van der Waals surface area contributed by atoms with Crippen molar-refractivity contribution in [2.75, 3.05) is 7.11 Å². The summed E-state index contributed by atoms with van der Waals surface area (Å²) in [7, 11) is 1.58. The fourth-order valence-corrected chi connectivity index (χ4v) is 8.34. The molecule has 0 aromatic carbocycles. The zero-order valence-electron chi connectivity index (χ0n) is 32.0. The van der Waals surface area contributed by atoms with Crippen molar-refractivity contribution >= 4 is 5.97 Å². The van der Waals surface area contributed by atoms with Crippen LogP contribution in [0.3, 0.4) is 0 Å². The van der Waals surface area contributed by atoms with E-state index in [-0.39, 0.29) is 30.5 Å². The quantitative estimate of drug-likeness (QED) is 0.235. The van der Waals surface area contributed by atoms with E-state index in [0.717, 1.165) is 12.0 Å². The molecule has 10 nitrogen and oxygen atoms in total. The Morgan fingerprint density at radius 3 is 2.45 bits per heavy atom. The first-order chi connectivity index (χ1) is 24.1. The van der Waals surface area contributed by atoms with Crippen LogP contribution in [0, 0.1) is 23.7 Å². The van der Waals surface area contributed by atoms with Crippen LogP contribution in [0.4, 0.5) is 0 Å². The Balaban J connectivity index is 1.54. The molecule has 3 N–H and O–H groups in total. The van der Waals surface area contributed by atoms with Gasteiger partial charge in [0, 0.05) is 44.6 Å². The monoisotopic (exact) mass is 714 g/mol. The number of allylic oxidation sites excluding steroid dienone is 2. The molecule has 4 aliphatic heterocycles. The van der Waals surface area contributed by atoms with Gasteiger partial charge in [-0.1, -0.05) is 70.6 Å². The lowest BCUT2D eigenvalue weighted by Crippen LogP contribution is -2.54. The molecule has 1 aliphatic carbocycles. The zero-order valence-corrected chi connectivity index (χ0v) is 32.0. The number of rotatable bonds is 5. The van der Waals surface area contributed by atoms with Crippen molar-refractivity contribution in [3.63, 3.8) is 0 Å². The van der Waals surface area contributed by atoms with E-state index in [1.54, 1.807) is 33.1 Å². The van der Waals surface area contributed by atoms with Crippen LogP contribution in [0.2, 0.25) is 0 Å². The Morgan fingerprint density at radius 1 is 1.00 bits per heavy atom. The van der Waals surface area contributed by atoms with Crippen LogP contribution < -0.4 is 0 Å². The van der Waals surface area contributed by atoms with Crippen molar-refractivity contribution in [1.29, 1.82) is 0 Å². The summed E-state index contributed by atoms with van der Waals surface area (Å²) in [5.41, 5.74) is 0.490. The van der Waals surface area contributed by atoms with Gasteiger partial charge >= 0.3 is 5.97 Å². The molecule has 2 bridgehead atoms. The lowest BCUT2D eigenvalue weighted by Gasteiger charge is -2.48. The minimum atomic E-state index is -1.66. The standard InChI is InChI=1S/C41H62O10/c1-10-23(2)38-26(5)16-17-40(51-38)21-31-19-30(50-40)15-14-25(4)37(49-35-20-34(46-9)36(43)29(8)47-35)24(3)12-11-13-28(7)41(45)22-33(42)27(6)18-32(41)39(44)48-31/h11-14,16-18,23-24,26,29-38,42-43,45H,10,15,19-22H2,1-9H3. The molecular weight excluding hydrogens is 652 g/mol. The third-order valence-electron chi connectivity index (χ3n) is 12.0. The highest BCUT2D eigenvalue weighted by Gasteiger charge is 2.51. The van der Waals surface area contributed by atoms with E-state index in [0.29, 0.717) is 42.7 Å². The Kier molecular flexibility index (Phi) is 12.9. The summed E-state index contributed by atoms with van der Waals surface area (Å²) < 4.78 is 38.3. The van der Waals surface area contributed by atoms with E-state index in [9.17, 15) is 20.1 Å². The molecule has 2 fully saturated rings. The second kappa shape index (κ2) is 16.5. The van der Waals surface area contributed by atoms with E-state index in [1.807, 2.05) is 32.1 Å². The first-order valence-corrected chi connectivity index (χ1v) is 19.0. The zero-order chi connectivity index (χ0) is 37.2. The molecule has 4 heterocycles. The first kappa shape index (κ1) is 40.0. The topological polar surface area (TPSA) is 133 Å². The van der Waals surface area contributed by atoms with Gasteiger partial charge in [-0.05, 0) is 62.8 Å². The Hall–Kier alpha value is -2.15. The molecule has 51 heavy (non-hydrogen) atoms. The summed E-state index contributed by atoms with van der Waals surface area (Å²) in [5.74, 6) is -2.25. The van der Waals surface area contributed by atoms with Crippen molar-refractivity contribution in [3.8, 4) is 0 Å². The maximum atomic E-state index is 14.1. The Bertz CT molecular complexity index is 1380. The first-order valence-electron chi connectivity index (χ1n) is 19.0. The summed E-state index contributed by atoms with van der Waals surface area (Å²) in [4.78, 5) is 14.1. The fraction of sp³-hybridized carbons (Fsp3) is 0.732. The molecule has 2 saturated heterocycles. The molecule has 1 spiro atoms. The largest absolute Gasteiger partial charge is 0.462 e. The molecule has 0 amide bonds. The summed E-state index contributed by atoms with van der Waals surface area (Å²) in [5, 5.41) is 33.6. The van der Waals surface area contributed by atoms with Gasteiger partial charge in [-0.25, -0.2) is 0 Å². The maximum Gasteiger partial charge on any atom is 0.316 e. The fourth-order valence-electron chi connectivity index (χ4n) is 8.34. The van der Waals surface area contributed by atoms with Gasteiger partial charge in [0.05, 0.1) is 36.6 Å². The predicted molar refractivity (Wildman–Crippen MR) is 193 cm³/mol. The van der Waals surface area contributed by atoms with E-state index >= 15 is 0 Å². The molecule has 0 aromatic heterocycles. The average molecular weight is 715 g/mol. The van der Waals surface area contributed by atoms with E-state index in [1.165, 1.54) is 0 Å². The normalized spacial score (nSPS) is 44.5. The third-order valence-corrected chi connectivity index (χ3v) is 12.0. The van der Waals surface area contributed by atoms with Crippen LogP contribution in [0.25, 0.3) is 0 Å². The molecule has 10 heteroatoms. The lowest BCUT2D eigenvalue weighted by atomic mass is 9.71. The van der Waals surface area contributed by atoms with Gasteiger partial charge in [0.25, 0.3) is 0 Å². The second-order valence-corrected chi connectivity index (χ2v) is 15.9. The molecule has 5 aliphatic rings. The summed E-state index contributed by atoms with van der Waals surface area (Å²) in [6.07, 6.45) is 11.7. The average Bonchev–Trinajstić information content (AvgIpc) is 3.09. The van der Waals surface area contributed by atoms with Crippen LogP contribution in [-0.2, 0) is 33.2 Å². The maximum absolute atomic E-state index is 14.1. The highest BCUT2D eigenvalue weighted by Crippen LogP contribution is 2.44. The van der Waals surface area contributed by atoms with Crippen molar-refractivity contribution in [2.24, 2.45) is 23.7 Å². The van der Waals surface area contributed by atoms with Gasteiger partial charge in [-0.15, -0.1) is 0 Å². The molecule has 0 aromatic rings. The Labute approximate surface area is 304 Å². The van der Waals surface area contributed by atoms with Crippen LogP contribution in [-0.4, -0.2) is 94.9 Å². The van der Waals surface area contributed by atoms with Crippen molar-refractivity contribution < 1.29 is 48.5 Å². The molecule has 15 atom stereocenters. The number of aliphatic hydroxyl groups is 3. The molecular formula is C41H62O10. The molecule has 0 saturated carbocycles. The van der Waals surface area contributed by atoms with Gasteiger partial charge in [-0.2, -0.15) is 0 Å². The van der Waals surface area contributed by atoms with Crippen molar-refractivity contribution in [1.82, 2.24) is 0 Å². The number of hydrogen-bond donors (Lipinski definition) is 3. The summed E-state index contributed by atoms with van der Waals surface area (Å²) >= 11 is 0. The number of hydrogen-bond acceptors (Lipinski definition) is 10. The highest BCUT2D eigenvalue weighted by molar-refractivity contribution is 5.78. The Morgan fingerprint density at radius 2 is 1.75 bits per heavy atom. The summed E-state index contributed by atoms with van der Waals surface area (Å²) in [6.45, 7) is 16.0. The highest BCUT2D eigenvalue weighted by atomic mass is 16.7. The smallest absolute Gasteiger partial charge is 0.316 e.